The molecule has 0 fully saturated rings. The van der Waals surface area contributed by atoms with Gasteiger partial charge in [-0.25, -0.2) is 4.79 Å². The summed E-state index contributed by atoms with van der Waals surface area (Å²) < 4.78 is 0. The second kappa shape index (κ2) is 51.5. The fourth-order valence-corrected chi connectivity index (χ4v) is 10.8. The van der Waals surface area contributed by atoms with Crippen LogP contribution >= 0.6 is 11.8 Å². The van der Waals surface area contributed by atoms with Gasteiger partial charge in [0.15, 0.2) is 11.9 Å². The molecule has 0 spiro atoms. The molecule has 0 aromatic heterocycles. The van der Waals surface area contributed by atoms with Crippen LogP contribution in [0.1, 0.15) is 131 Å². The highest BCUT2D eigenvalue weighted by atomic mass is 32.2. The molecule has 0 radical (unpaired) electrons. The molecule has 1 aromatic rings. The van der Waals surface area contributed by atoms with Crippen LogP contribution in [0.4, 0.5) is 0 Å². The van der Waals surface area contributed by atoms with Crippen LogP contribution in [0.15, 0.2) is 34.3 Å². The number of carbonyl (C=O) groups is 14. The Balaban J connectivity index is 3.49. The fraction of sp³-hybridized carbons (Fsp3) is 0.667. The van der Waals surface area contributed by atoms with E-state index in [1.54, 1.807) is 34.0 Å². The molecule has 41 nitrogen and oxygen atoms in total. The van der Waals surface area contributed by atoms with Gasteiger partial charge in [0.2, 0.25) is 70.9 Å². The van der Waals surface area contributed by atoms with Crippen LogP contribution in [0.25, 0.3) is 0 Å². The Bertz CT molecular complexity index is 3160. The van der Waals surface area contributed by atoms with Gasteiger partial charge in [-0.3, -0.25) is 72.3 Å². The van der Waals surface area contributed by atoms with Crippen molar-refractivity contribution in [2.24, 2.45) is 62.0 Å². The number of phenols is 1. The number of aromatic hydroxyl groups is 1. The minimum atomic E-state index is -2.04. The fourth-order valence-electron chi connectivity index (χ4n) is 10.3. The predicted molar refractivity (Wildman–Crippen MR) is 397 cm³/mol. The van der Waals surface area contributed by atoms with Crippen molar-refractivity contribution in [3.63, 3.8) is 0 Å². The Kier molecular flexibility index (Phi) is 45.9. The monoisotopic (exact) mass is 1550 g/mol. The summed E-state index contributed by atoms with van der Waals surface area (Å²) in [7, 11) is 0. The Morgan fingerprint density at radius 2 is 0.833 bits per heavy atom. The van der Waals surface area contributed by atoms with E-state index in [0.29, 0.717) is 18.4 Å². The number of carboxylic acid groups (broad SMARTS) is 2. The lowest BCUT2D eigenvalue weighted by Crippen LogP contribution is -2.62. The van der Waals surface area contributed by atoms with Crippen LogP contribution in [0.2, 0.25) is 0 Å². The lowest BCUT2D eigenvalue weighted by molar-refractivity contribution is -0.143. The third-order valence-corrected chi connectivity index (χ3v) is 17.0. The molecular formula is C66H115N21O20S. The highest BCUT2D eigenvalue weighted by Crippen LogP contribution is 2.16. The van der Waals surface area contributed by atoms with E-state index in [9.17, 15) is 97.8 Å². The maximum atomic E-state index is 14.2. The lowest BCUT2D eigenvalue weighted by Gasteiger charge is -2.29. The van der Waals surface area contributed by atoms with E-state index in [2.05, 4.69) is 73.8 Å². The molecule has 0 aliphatic rings. The number of amides is 12. The number of nitrogens with two attached hydrogens (primary N) is 7. The molecule has 0 unspecified atom stereocenters. The second-order valence-electron chi connectivity index (χ2n) is 26.4. The van der Waals surface area contributed by atoms with Crippen molar-refractivity contribution in [3.05, 3.63) is 29.8 Å². The molecule has 610 valence electrons. The Labute approximate surface area is 630 Å². The SMILES string of the molecule is CSCC[C@H](NC(=O)[C@@H](NC(=O)[C@H](CC(C)C)NC(=O)[C@H](C)NC(=O)[C@H](CCCN=C(N)N)NC(=O)[C@@H](NC(=O)[C@H](Cc1ccc(O)cc1)NC(=O)[C@@H](N)CO)C(C)C)[C@@H](C)O)C(=O)N[C@@H](CC(=O)O)C(=O)N[C@@H](CO)C(=O)N[C@@H](CCCCN)C(=O)N[C@@H](CCCCN)C(=O)N[C@@H](CCCN=C(N)N)C(=O)O. The quantitative estimate of drug-likeness (QED) is 0.0164. The average molecular weight is 1550 g/mol. The number of benzene rings is 1. The van der Waals surface area contributed by atoms with Gasteiger partial charge in [-0.05, 0) is 146 Å². The highest BCUT2D eigenvalue weighted by Gasteiger charge is 2.39. The topological polar surface area (TPSA) is 712 Å². The summed E-state index contributed by atoms with van der Waals surface area (Å²) in [6.07, 6.45) is -0.640. The number of aliphatic hydroxyl groups excluding tert-OH is 3. The van der Waals surface area contributed by atoms with Gasteiger partial charge in [0.05, 0.1) is 25.7 Å². The third-order valence-electron chi connectivity index (χ3n) is 16.3. The number of phenolic OH excluding ortho intramolecular Hbond substituents is 1. The van der Waals surface area contributed by atoms with Gasteiger partial charge in [-0.2, -0.15) is 11.8 Å². The molecule has 0 aliphatic carbocycles. The van der Waals surface area contributed by atoms with Gasteiger partial charge < -0.3 is 135 Å². The van der Waals surface area contributed by atoms with Crippen LogP contribution in [-0.4, -0.2) is 261 Å². The van der Waals surface area contributed by atoms with Gasteiger partial charge in [0.25, 0.3) is 0 Å². The molecular weight excluding hydrogens is 1440 g/mol. The normalized spacial score (nSPS) is 15.0. The van der Waals surface area contributed by atoms with E-state index in [0.717, 1.165) is 6.92 Å². The molecule has 32 N–H and O–H groups in total. The maximum Gasteiger partial charge on any atom is 0.326 e. The molecule has 0 bridgehead atoms. The van der Waals surface area contributed by atoms with Crippen LogP contribution in [0.3, 0.4) is 0 Å². The van der Waals surface area contributed by atoms with Gasteiger partial charge in [0, 0.05) is 19.5 Å². The molecule has 0 aliphatic heterocycles. The first-order valence-electron chi connectivity index (χ1n) is 35.4. The molecule has 0 heterocycles. The summed E-state index contributed by atoms with van der Waals surface area (Å²) in [5, 5.41) is 89.8. The van der Waals surface area contributed by atoms with Crippen LogP contribution in [-0.2, 0) is 73.5 Å². The smallest absolute Gasteiger partial charge is 0.326 e. The molecule has 0 saturated carbocycles. The summed E-state index contributed by atoms with van der Waals surface area (Å²) >= 11 is 1.19. The molecule has 1 rings (SSSR count). The number of hydrogen-bond acceptors (Lipinski definition) is 24. The summed E-state index contributed by atoms with van der Waals surface area (Å²) in [5.74, 6) is -16.8. The number of aliphatic carboxylic acids is 2. The standard InChI is InChI=1S/C66H115N21O20S/c1-33(2)28-45(82-52(94)35(5)76-54(96)42(16-12-25-74-65(70)71)79-62(104)50(34(3)4)86-60(102)46(83-53(95)39(69)31-88)29-37-18-20-38(91)21-19-37)59(101)87-51(36(6)90)63(105)80-43(22-27-108-7)57(99)84-47(30-49(92)93)58(100)85-48(32-89)61(103)78-40(14-8-10-23-67)55(97)77-41(15-9-11-24-68)56(98)81-44(64(106)107)17-13-26-75-66(72)73/h18-21,33-36,39-48,50-51,88-91H,8-17,22-32,67-69H2,1-7H3,(H,76,96)(H,77,97)(H,78,103)(H,79,104)(H,80,105)(H,81,98)(H,82,94)(H,83,95)(H,84,99)(H,85,100)(H,86,102)(H,87,101)(H,92,93)(H,106,107)(H4,70,71,74)(H4,72,73,75)/t35-,36+,39-,40-,41-,42-,43-,44-,45-,46-,47-,48-,50-,51-/m0/s1. The van der Waals surface area contributed by atoms with E-state index in [4.69, 9.17) is 40.1 Å². The van der Waals surface area contributed by atoms with E-state index in [-0.39, 0.29) is 126 Å². The largest absolute Gasteiger partial charge is 0.508 e. The number of aliphatic imine (C=N–C) groups is 2. The molecule has 1 aromatic carbocycles. The first-order valence-corrected chi connectivity index (χ1v) is 36.8. The van der Waals surface area contributed by atoms with Gasteiger partial charge >= 0.3 is 11.9 Å². The molecule has 14 atom stereocenters. The highest BCUT2D eigenvalue weighted by molar-refractivity contribution is 7.98. The van der Waals surface area contributed by atoms with Crippen LogP contribution in [0, 0.1) is 11.8 Å². The van der Waals surface area contributed by atoms with Crippen molar-refractivity contribution in [3.8, 4) is 5.75 Å². The van der Waals surface area contributed by atoms with Crippen molar-refractivity contribution >= 4 is 107 Å². The zero-order valence-corrected chi connectivity index (χ0v) is 63.0. The number of nitrogens with zero attached hydrogens (tertiary/aromatic N) is 2. The van der Waals surface area contributed by atoms with Gasteiger partial charge in [-0.15, -0.1) is 0 Å². The zero-order valence-electron chi connectivity index (χ0n) is 62.1. The number of rotatable bonds is 54. The van der Waals surface area contributed by atoms with Crippen LogP contribution < -0.4 is 104 Å². The summed E-state index contributed by atoms with van der Waals surface area (Å²) in [6, 6.07) is -14.6. The summed E-state index contributed by atoms with van der Waals surface area (Å²) in [5.41, 5.74) is 39.3. The lowest BCUT2D eigenvalue weighted by atomic mass is 9.99. The van der Waals surface area contributed by atoms with Crippen LogP contribution in [0.5, 0.6) is 5.75 Å². The van der Waals surface area contributed by atoms with Crippen molar-refractivity contribution in [2.45, 2.75) is 216 Å². The van der Waals surface area contributed by atoms with E-state index in [1.807, 2.05) is 0 Å². The first-order chi connectivity index (χ1) is 50.8. The number of hydrogen-bond donors (Lipinski definition) is 25. The Morgan fingerprint density at radius 1 is 0.444 bits per heavy atom. The molecule has 108 heavy (non-hydrogen) atoms. The van der Waals surface area contributed by atoms with E-state index in [1.165, 1.54) is 43.0 Å². The number of thioether (sulfide) groups is 1. The van der Waals surface area contributed by atoms with Crippen molar-refractivity contribution < 1.29 is 97.8 Å². The molecule has 0 saturated heterocycles. The number of guanidine groups is 2. The predicted octanol–water partition coefficient (Wildman–Crippen LogP) is -8.16. The van der Waals surface area contributed by atoms with E-state index >= 15 is 0 Å². The molecule has 12 amide bonds. The molecule has 42 heteroatoms. The first kappa shape index (κ1) is 96.3. The number of aliphatic hydroxyl groups is 3. The zero-order chi connectivity index (χ0) is 81.9. The second-order valence-corrected chi connectivity index (χ2v) is 27.4. The van der Waals surface area contributed by atoms with Gasteiger partial charge in [0.1, 0.15) is 84.3 Å². The van der Waals surface area contributed by atoms with Crippen molar-refractivity contribution in [2.75, 3.05) is 51.4 Å². The van der Waals surface area contributed by atoms with E-state index < -0.39 is 193 Å². The number of carbonyl (C=O) groups excluding carboxylic acids is 12. The third kappa shape index (κ3) is 37.7. The summed E-state index contributed by atoms with van der Waals surface area (Å²) in [4.78, 5) is 199. The van der Waals surface area contributed by atoms with Crippen molar-refractivity contribution in [1.29, 1.82) is 0 Å². The minimum absolute atomic E-state index is 0.0206. The average Bonchev–Trinajstić information content (AvgIpc) is 0.859. The summed E-state index contributed by atoms with van der Waals surface area (Å²) in [6.45, 7) is 7.37. The van der Waals surface area contributed by atoms with Crippen molar-refractivity contribution in [1.82, 2.24) is 63.8 Å². The Hall–Kier alpha value is -9.75. The number of nitrogens with one attached hydrogen (secondary N) is 12. The number of unbranched alkanes of at least 4 members (excludes halogenated alkanes) is 2. The minimum Gasteiger partial charge on any atom is -0.508 e. The number of carboxylic acids is 2. The van der Waals surface area contributed by atoms with Gasteiger partial charge in [-0.1, -0.05) is 39.8 Å². The maximum absolute atomic E-state index is 14.2. The Morgan fingerprint density at radius 3 is 1.28 bits per heavy atom.